The number of hydrogen-bond donors (Lipinski definition) is 1. The first-order valence-corrected chi connectivity index (χ1v) is 10.8. The molecule has 3 aromatic carbocycles. The first-order chi connectivity index (χ1) is 16.5. The highest BCUT2D eigenvalue weighted by Gasteiger charge is 2.19. The maximum atomic E-state index is 13.5. The predicted octanol–water partition coefficient (Wildman–Crippen LogP) is 4.84. The fourth-order valence-corrected chi connectivity index (χ4v) is 4.01. The summed E-state index contributed by atoms with van der Waals surface area (Å²) in [5.74, 6) is -0.318. The van der Waals surface area contributed by atoms with E-state index in [2.05, 4.69) is 10.3 Å². The molecule has 0 saturated carbocycles. The van der Waals surface area contributed by atoms with Crippen molar-refractivity contribution >= 4 is 22.6 Å². The molecule has 2 aromatic heterocycles. The standard InChI is InChI=1S/C27H21FN4O2/c1-31-23-10-6-5-9-21(23)22(15-24(31)33)27(34)30-26-25(19-11-13-20(28)14-12-19)29-17-32(26)16-18-7-3-2-4-8-18/h2-15,17H,16H2,1H3,(H,30,34). The summed E-state index contributed by atoms with van der Waals surface area (Å²) in [6, 6.07) is 24.3. The number of hydrogen-bond acceptors (Lipinski definition) is 3. The highest BCUT2D eigenvalue weighted by atomic mass is 19.1. The average molecular weight is 452 g/mol. The minimum atomic E-state index is -0.424. The first kappa shape index (κ1) is 21.3. The second-order valence-corrected chi connectivity index (χ2v) is 7.99. The van der Waals surface area contributed by atoms with E-state index in [4.69, 9.17) is 0 Å². The Morgan fingerprint density at radius 1 is 0.971 bits per heavy atom. The van der Waals surface area contributed by atoms with Crippen LogP contribution < -0.4 is 10.9 Å². The Morgan fingerprint density at radius 2 is 1.68 bits per heavy atom. The molecule has 7 heteroatoms. The molecule has 0 aliphatic rings. The summed E-state index contributed by atoms with van der Waals surface area (Å²) < 4.78 is 16.9. The Kier molecular flexibility index (Phi) is 5.51. The number of carbonyl (C=O) groups excluding carboxylic acids is 1. The number of carbonyl (C=O) groups is 1. The summed E-state index contributed by atoms with van der Waals surface area (Å²) in [6.45, 7) is 0.474. The number of halogens is 1. The van der Waals surface area contributed by atoms with E-state index in [1.807, 2.05) is 53.1 Å². The summed E-state index contributed by atoms with van der Waals surface area (Å²) in [6.07, 6.45) is 1.64. The molecule has 0 saturated heterocycles. The molecule has 0 atom stereocenters. The summed E-state index contributed by atoms with van der Waals surface area (Å²) in [7, 11) is 1.67. The lowest BCUT2D eigenvalue weighted by Crippen LogP contribution is -2.22. The molecule has 0 fully saturated rings. The normalized spacial score (nSPS) is 11.0. The van der Waals surface area contributed by atoms with Crippen molar-refractivity contribution in [2.45, 2.75) is 6.54 Å². The van der Waals surface area contributed by atoms with Crippen molar-refractivity contribution in [3.8, 4) is 11.3 Å². The topological polar surface area (TPSA) is 68.9 Å². The van der Waals surface area contributed by atoms with Gasteiger partial charge in [-0.2, -0.15) is 0 Å². The quantitative estimate of drug-likeness (QED) is 0.415. The maximum absolute atomic E-state index is 13.5. The minimum absolute atomic E-state index is 0.274. The molecule has 1 amide bonds. The van der Waals surface area contributed by atoms with Gasteiger partial charge in [0.1, 0.15) is 17.3 Å². The van der Waals surface area contributed by atoms with E-state index >= 15 is 0 Å². The van der Waals surface area contributed by atoms with Gasteiger partial charge < -0.3 is 14.5 Å². The summed E-state index contributed by atoms with van der Waals surface area (Å²) >= 11 is 0. The molecule has 0 spiro atoms. The molecule has 5 aromatic rings. The van der Waals surface area contributed by atoms with Crippen LogP contribution in [-0.2, 0) is 13.6 Å². The zero-order valence-electron chi connectivity index (χ0n) is 18.4. The van der Waals surface area contributed by atoms with Crippen molar-refractivity contribution in [1.29, 1.82) is 0 Å². The van der Waals surface area contributed by atoms with E-state index < -0.39 is 5.91 Å². The van der Waals surface area contributed by atoms with Gasteiger partial charge in [0, 0.05) is 24.1 Å². The molecule has 5 rings (SSSR count). The van der Waals surface area contributed by atoms with Crippen LogP contribution in [0.2, 0.25) is 0 Å². The number of anilines is 1. The third-order valence-corrected chi connectivity index (χ3v) is 5.78. The number of fused-ring (bicyclic) bond motifs is 1. The van der Waals surface area contributed by atoms with Gasteiger partial charge in [-0.1, -0.05) is 48.5 Å². The van der Waals surface area contributed by atoms with Crippen molar-refractivity contribution in [2.75, 3.05) is 5.32 Å². The minimum Gasteiger partial charge on any atom is -0.312 e. The summed E-state index contributed by atoms with van der Waals surface area (Å²) in [5, 5.41) is 3.63. The number of amides is 1. The average Bonchev–Trinajstić information content (AvgIpc) is 3.24. The third kappa shape index (κ3) is 3.99. The Bertz CT molecular complexity index is 1550. The van der Waals surface area contributed by atoms with E-state index in [0.29, 0.717) is 34.5 Å². The molecular weight excluding hydrogens is 431 g/mol. The largest absolute Gasteiger partial charge is 0.312 e. The molecule has 1 N–H and O–H groups in total. The second-order valence-electron chi connectivity index (χ2n) is 7.99. The second kappa shape index (κ2) is 8.78. The summed E-state index contributed by atoms with van der Waals surface area (Å²) in [5.41, 5.74) is 2.86. The van der Waals surface area contributed by atoms with E-state index in [0.717, 1.165) is 5.56 Å². The van der Waals surface area contributed by atoms with Crippen molar-refractivity contribution in [2.24, 2.45) is 7.05 Å². The van der Waals surface area contributed by atoms with Crippen LogP contribution in [0.4, 0.5) is 10.2 Å². The SMILES string of the molecule is Cn1c(=O)cc(C(=O)Nc2c(-c3ccc(F)cc3)ncn2Cc2ccccc2)c2ccccc21. The van der Waals surface area contributed by atoms with Crippen LogP contribution in [0.25, 0.3) is 22.2 Å². The Hall–Kier alpha value is -4.52. The number of aryl methyl sites for hydroxylation is 1. The van der Waals surface area contributed by atoms with Crippen LogP contribution in [0, 0.1) is 5.82 Å². The number of para-hydroxylation sites is 1. The molecule has 168 valence electrons. The molecule has 0 radical (unpaired) electrons. The third-order valence-electron chi connectivity index (χ3n) is 5.78. The van der Waals surface area contributed by atoms with Gasteiger partial charge in [-0.25, -0.2) is 9.37 Å². The smallest absolute Gasteiger partial charge is 0.257 e. The van der Waals surface area contributed by atoms with Gasteiger partial charge in [-0.15, -0.1) is 0 Å². The lowest BCUT2D eigenvalue weighted by atomic mass is 10.1. The fraction of sp³-hybridized carbons (Fsp3) is 0.0741. The van der Waals surface area contributed by atoms with Gasteiger partial charge in [0.15, 0.2) is 0 Å². The van der Waals surface area contributed by atoms with Gasteiger partial charge in [0.2, 0.25) is 0 Å². The van der Waals surface area contributed by atoms with Gasteiger partial charge in [-0.3, -0.25) is 9.59 Å². The van der Waals surface area contributed by atoms with E-state index in [1.165, 1.54) is 22.8 Å². The maximum Gasteiger partial charge on any atom is 0.257 e. The Labute approximate surface area is 194 Å². The van der Waals surface area contributed by atoms with Crippen molar-refractivity contribution in [3.63, 3.8) is 0 Å². The molecule has 34 heavy (non-hydrogen) atoms. The van der Waals surface area contributed by atoms with Crippen LogP contribution in [0.3, 0.4) is 0 Å². The number of rotatable bonds is 5. The van der Waals surface area contributed by atoms with E-state index in [9.17, 15) is 14.0 Å². The lowest BCUT2D eigenvalue weighted by Gasteiger charge is -2.14. The first-order valence-electron chi connectivity index (χ1n) is 10.8. The molecule has 6 nitrogen and oxygen atoms in total. The molecular formula is C27H21FN4O2. The fourth-order valence-electron chi connectivity index (χ4n) is 4.01. The van der Waals surface area contributed by atoms with Crippen LogP contribution >= 0.6 is 0 Å². The van der Waals surface area contributed by atoms with Crippen LogP contribution in [0.1, 0.15) is 15.9 Å². The van der Waals surface area contributed by atoms with Gasteiger partial charge in [-0.05, 0) is 35.9 Å². The molecule has 0 aliphatic carbocycles. The van der Waals surface area contributed by atoms with E-state index in [1.54, 1.807) is 31.6 Å². The number of nitrogens with one attached hydrogen (secondary N) is 1. The van der Waals surface area contributed by atoms with Gasteiger partial charge in [0.05, 0.1) is 24.0 Å². The summed E-state index contributed by atoms with van der Waals surface area (Å²) in [4.78, 5) is 30.5. The van der Waals surface area contributed by atoms with Crippen molar-refractivity contribution < 1.29 is 9.18 Å². The molecule has 0 bridgehead atoms. The molecule has 0 unspecified atom stereocenters. The Balaban J connectivity index is 1.60. The highest BCUT2D eigenvalue weighted by Crippen LogP contribution is 2.29. The van der Waals surface area contributed by atoms with Crippen molar-refractivity contribution in [3.05, 3.63) is 119 Å². The van der Waals surface area contributed by atoms with Crippen LogP contribution in [0.5, 0.6) is 0 Å². The Morgan fingerprint density at radius 3 is 2.44 bits per heavy atom. The van der Waals surface area contributed by atoms with Crippen LogP contribution in [0.15, 0.2) is 96.1 Å². The molecule has 2 heterocycles. The number of nitrogens with zero attached hydrogens (tertiary/aromatic N) is 3. The number of benzene rings is 3. The van der Waals surface area contributed by atoms with Crippen molar-refractivity contribution in [1.82, 2.24) is 14.1 Å². The highest BCUT2D eigenvalue weighted by molar-refractivity contribution is 6.13. The number of pyridine rings is 1. The monoisotopic (exact) mass is 452 g/mol. The van der Waals surface area contributed by atoms with Gasteiger partial charge in [0.25, 0.3) is 11.5 Å². The molecule has 0 aliphatic heterocycles. The lowest BCUT2D eigenvalue weighted by molar-refractivity contribution is 0.102. The van der Waals surface area contributed by atoms with E-state index in [-0.39, 0.29) is 16.9 Å². The zero-order chi connectivity index (χ0) is 23.7. The van der Waals surface area contributed by atoms with Gasteiger partial charge >= 0.3 is 0 Å². The zero-order valence-corrected chi connectivity index (χ0v) is 18.4. The number of aromatic nitrogens is 3. The van der Waals surface area contributed by atoms with Crippen LogP contribution in [-0.4, -0.2) is 20.0 Å². The number of imidazole rings is 1. The predicted molar refractivity (Wildman–Crippen MR) is 130 cm³/mol.